The molecule has 1 saturated heterocycles. The number of fused-ring (bicyclic) bond motifs is 2. The molecule has 0 radical (unpaired) electrons. The van der Waals surface area contributed by atoms with Gasteiger partial charge in [0.15, 0.2) is 0 Å². The molecule has 1 fully saturated rings. The molecular weight excluding hydrogens is 447 g/mol. The first-order valence-electron chi connectivity index (χ1n) is 12.9. The number of pyridine rings is 1. The minimum atomic E-state index is -4.37. The maximum atomic E-state index is 13.3. The normalized spacial score (nSPS) is 21.6. The van der Waals surface area contributed by atoms with E-state index in [4.69, 9.17) is 0 Å². The van der Waals surface area contributed by atoms with Gasteiger partial charge >= 0.3 is 6.18 Å². The van der Waals surface area contributed by atoms with E-state index in [2.05, 4.69) is 60.3 Å². The van der Waals surface area contributed by atoms with Crippen LogP contribution in [0.15, 0.2) is 42.7 Å². The van der Waals surface area contributed by atoms with Gasteiger partial charge in [-0.1, -0.05) is 45.5 Å². The molecule has 1 aliphatic carbocycles. The lowest BCUT2D eigenvalue weighted by Gasteiger charge is -2.48. The molecule has 35 heavy (non-hydrogen) atoms. The Morgan fingerprint density at radius 1 is 1.14 bits per heavy atom. The van der Waals surface area contributed by atoms with Crippen LogP contribution in [0.2, 0.25) is 0 Å². The molecule has 2 aromatic rings. The monoisotopic (exact) mass is 483 g/mol. The zero-order chi connectivity index (χ0) is 25.0. The molecule has 0 spiro atoms. The van der Waals surface area contributed by atoms with Gasteiger partial charge in [0.25, 0.3) is 0 Å². The SMILES string of the molecule is C=C(N1CCc2ncc(C(F)(F)F)cc2C1)C1(CC(C)C)CCN(Cc2ccc3c(c2)C3C)CC1. The van der Waals surface area contributed by atoms with Crippen molar-refractivity contribution in [1.82, 2.24) is 14.8 Å². The summed E-state index contributed by atoms with van der Waals surface area (Å²) in [6.07, 6.45) is 0.390. The summed E-state index contributed by atoms with van der Waals surface area (Å²) in [4.78, 5) is 8.92. The van der Waals surface area contributed by atoms with E-state index in [1.54, 1.807) is 0 Å². The minimum Gasteiger partial charge on any atom is -0.370 e. The van der Waals surface area contributed by atoms with E-state index in [-0.39, 0.29) is 5.41 Å². The molecule has 1 aromatic heterocycles. The summed E-state index contributed by atoms with van der Waals surface area (Å²) in [5.41, 5.74) is 6.28. The summed E-state index contributed by atoms with van der Waals surface area (Å²) in [5.74, 6) is 1.16. The number of halogens is 3. The average molecular weight is 484 g/mol. The molecule has 0 saturated carbocycles. The summed E-state index contributed by atoms with van der Waals surface area (Å²) in [6.45, 7) is 15.6. The Kier molecular flexibility index (Phi) is 6.23. The number of nitrogens with zero attached hydrogens (tertiary/aromatic N) is 3. The van der Waals surface area contributed by atoms with Crippen LogP contribution in [0.5, 0.6) is 0 Å². The van der Waals surface area contributed by atoms with Crippen molar-refractivity contribution in [3.05, 3.63) is 76.2 Å². The Morgan fingerprint density at radius 3 is 2.54 bits per heavy atom. The van der Waals surface area contributed by atoms with Crippen molar-refractivity contribution in [2.75, 3.05) is 19.6 Å². The van der Waals surface area contributed by atoms with E-state index in [1.807, 2.05) is 0 Å². The second-order valence-corrected chi connectivity index (χ2v) is 11.3. The number of allylic oxidation sites excluding steroid dienone is 1. The number of likely N-dealkylation sites (tertiary alicyclic amines) is 1. The van der Waals surface area contributed by atoms with Crippen LogP contribution in [0.4, 0.5) is 13.2 Å². The maximum Gasteiger partial charge on any atom is 0.417 e. The molecule has 0 bridgehead atoms. The van der Waals surface area contributed by atoms with Crippen molar-refractivity contribution < 1.29 is 13.2 Å². The summed E-state index contributed by atoms with van der Waals surface area (Å²) in [5, 5.41) is 0. The Labute approximate surface area is 207 Å². The smallest absolute Gasteiger partial charge is 0.370 e. The number of hydrogen-bond acceptors (Lipinski definition) is 3. The quantitative estimate of drug-likeness (QED) is 0.452. The van der Waals surface area contributed by atoms with Gasteiger partial charge in [-0.05, 0) is 66.6 Å². The van der Waals surface area contributed by atoms with E-state index < -0.39 is 11.7 Å². The fraction of sp³-hybridized carbons (Fsp3) is 0.552. The lowest BCUT2D eigenvalue weighted by molar-refractivity contribution is -0.137. The average Bonchev–Trinajstić information content (AvgIpc) is 3.47. The van der Waals surface area contributed by atoms with Gasteiger partial charge in [0.1, 0.15) is 0 Å². The molecular formula is C29H36F3N3. The van der Waals surface area contributed by atoms with Crippen LogP contribution in [0.25, 0.3) is 0 Å². The fourth-order valence-corrected chi connectivity index (χ4v) is 6.31. The van der Waals surface area contributed by atoms with E-state index in [9.17, 15) is 13.2 Å². The molecule has 0 N–H and O–H groups in total. The predicted molar refractivity (Wildman–Crippen MR) is 133 cm³/mol. The van der Waals surface area contributed by atoms with Gasteiger partial charge in [-0.2, -0.15) is 13.2 Å². The largest absolute Gasteiger partial charge is 0.417 e. The number of alkyl halides is 3. The van der Waals surface area contributed by atoms with Crippen LogP contribution < -0.4 is 0 Å². The van der Waals surface area contributed by atoms with Crippen molar-refractivity contribution in [3.8, 4) is 0 Å². The van der Waals surface area contributed by atoms with E-state index in [0.29, 0.717) is 30.4 Å². The highest BCUT2D eigenvalue weighted by Gasteiger charge is 2.41. The third kappa shape index (κ3) is 4.87. The summed E-state index contributed by atoms with van der Waals surface area (Å²) in [7, 11) is 0. The predicted octanol–water partition coefficient (Wildman–Crippen LogP) is 6.77. The first-order chi connectivity index (χ1) is 16.6. The molecule has 2 aliphatic heterocycles. The van der Waals surface area contributed by atoms with Crippen LogP contribution >= 0.6 is 0 Å². The number of aromatic nitrogens is 1. The van der Waals surface area contributed by atoms with Crippen LogP contribution in [-0.2, 0) is 25.7 Å². The Bertz CT molecular complexity index is 1110. The van der Waals surface area contributed by atoms with Gasteiger partial charge in [0, 0.05) is 55.0 Å². The van der Waals surface area contributed by atoms with Crippen LogP contribution in [0.3, 0.4) is 0 Å². The molecule has 0 amide bonds. The topological polar surface area (TPSA) is 19.4 Å². The lowest BCUT2D eigenvalue weighted by atomic mass is 9.70. The molecule has 3 heterocycles. The van der Waals surface area contributed by atoms with Crippen LogP contribution in [0, 0.1) is 11.3 Å². The van der Waals surface area contributed by atoms with Crippen molar-refractivity contribution in [3.63, 3.8) is 0 Å². The minimum absolute atomic E-state index is 0.00523. The zero-order valence-corrected chi connectivity index (χ0v) is 21.1. The van der Waals surface area contributed by atoms with Crippen molar-refractivity contribution >= 4 is 0 Å². The third-order valence-corrected chi connectivity index (χ3v) is 8.38. The number of benzene rings is 1. The number of rotatable bonds is 6. The van der Waals surface area contributed by atoms with E-state index in [0.717, 1.165) is 63.0 Å². The first-order valence-corrected chi connectivity index (χ1v) is 12.9. The molecule has 5 rings (SSSR count). The molecule has 3 aliphatic rings. The molecule has 1 aromatic carbocycles. The van der Waals surface area contributed by atoms with Crippen molar-refractivity contribution in [1.29, 1.82) is 0 Å². The summed E-state index contributed by atoms with van der Waals surface area (Å²) >= 11 is 0. The molecule has 3 nitrogen and oxygen atoms in total. The van der Waals surface area contributed by atoms with Gasteiger partial charge in [-0.25, -0.2) is 0 Å². The fourth-order valence-electron chi connectivity index (χ4n) is 6.31. The second-order valence-electron chi connectivity index (χ2n) is 11.3. The number of hydrogen-bond donors (Lipinski definition) is 0. The van der Waals surface area contributed by atoms with Gasteiger partial charge in [0.2, 0.25) is 0 Å². The Hall–Kier alpha value is -2.34. The highest BCUT2D eigenvalue weighted by atomic mass is 19.4. The Morgan fingerprint density at radius 2 is 1.89 bits per heavy atom. The summed E-state index contributed by atoms with van der Waals surface area (Å²) in [6, 6.07) is 8.19. The van der Waals surface area contributed by atoms with Crippen molar-refractivity contribution in [2.24, 2.45) is 11.3 Å². The molecule has 1 atom stereocenters. The van der Waals surface area contributed by atoms with E-state index in [1.165, 1.54) is 22.8 Å². The molecule has 1 unspecified atom stereocenters. The first kappa shape index (κ1) is 24.4. The summed E-state index contributed by atoms with van der Waals surface area (Å²) < 4.78 is 39.8. The van der Waals surface area contributed by atoms with Gasteiger partial charge < -0.3 is 4.90 Å². The number of piperidine rings is 1. The van der Waals surface area contributed by atoms with Gasteiger partial charge in [0.05, 0.1) is 5.56 Å². The van der Waals surface area contributed by atoms with E-state index >= 15 is 0 Å². The highest BCUT2D eigenvalue weighted by molar-refractivity contribution is 5.53. The lowest BCUT2D eigenvalue weighted by Crippen LogP contribution is -2.46. The van der Waals surface area contributed by atoms with Crippen LogP contribution in [-0.4, -0.2) is 34.4 Å². The second kappa shape index (κ2) is 8.95. The third-order valence-electron chi connectivity index (χ3n) is 8.38. The van der Waals surface area contributed by atoms with Gasteiger partial charge in [-0.3, -0.25) is 9.88 Å². The maximum absolute atomic E-state index is 13.3. The zero-order valence-electron chi connectivity index (χ0n) is 21.1. The highest BCUT2D eigenvalue weighted by Crippen LogP contribution is 2.47. The molecule has 6 heteroatoms. The molecule has 188 valence electrons. The van der Waals surface area contributed by atoms with Crippen LogP contribution in [0.1, 0.15) is 79.5 Å². The van der Waals surface area contributed by atoms with Crippen molar-refractivity contribution in [2.45, 2.75) is 71.6 Å². The standard InChI is InChI=1S/C29H36F3N3/c1-19(2)15-28(8-11-34(12-9-28)17-22-5-6-25-20(3)26(25)13-22)21(4)35-10-7-27-23(18-35)14-24(16-33-27)29(30,31)32/h5-6,13-14,16,19-20H,4,7-12,15,17-18H2,1-3H3. The Balaban J connectivity index is 1.28. The van der Waals surface area contributed by atoms with Gasteiger partial charge in [-0.15, -0.1) is 0 Å².